The van der Waals surface area contributed by atoms with Crippen LogP contribution in [0.5, 0.6) is 0 Å². The number of furan rings is 1. The summed E-state index contributed by atoms with van der Waals surface area (Å²) >= 11 is 1.51. The maximum absolute atomic E-state index is 13.1. The number of likely N-dealkylation sites (tertiary alicyclic amines) is 1. The summed E-state index contributed by atoms with van der Waals surface area (Å²) in [6.07, 6.45) is 1.50. The molecule has 0 aliphatic carbocycles. The van der Waals surface area contributed by atoms with Crippen molar-refractivity contribution in [2.45, 2.75) is 12.6 Å². The first-order valence-electron chi connectivity index (χ1n) is 9.47. The number of thiophene rings is 1. The highest BCUT2D eigenvalue weighted by atomic mass is 32.1. The smallest absolute Gasteiger partial charge is 0.296 e. The number of aliphatic hydroxyl groups excluding tert-OH is 1. The molecule has 3 heterocycles. The summed E-state index contributed by atoms with van der Waals surface area (Å²) in [4.78, 5) is 28.4. The lowest BCUT2D eigenvalue weighted by Crippen LogP contribution is -2.28. The number of rotatable bonds is 4. The highest BCUT2D eigenvalue weighted by Crippen LogP contribution is 2.41. The van der Waals surface area contributed by atoms with E-state index >= 15 is 0 Å². The number of fused-ring (bicyclic) bond motifs is 1. The third kappa shape index (κ3) is 2.93. The van der Waals surface area contributed by atoms with Crippen LogP contribution in [0.1, 0.15) is 22.2 Å². The van der Waals surface area contributed by atoms with Crippen LogP contribution in [-0.2, 0) is 16.1 Å². The van der Waals surface area contributed by atoms with Crippen molar-refractivity contribution in [2.24, 2.45) is 0 Å². The topological polar surface area (TPSA) is 70.8 Å². The molecule has 1 aliphatic heterocycles. The highest BCUT2D eigenvalue weighted by molar-refractivity contribution is 7.09. The Morgan fingerprint density at radius 1 is 1.00 bits per heavy atom. The number of carbonyl (C=O) groups is 2. The summed E-state index contributed by atoms with van der Waals surface area (Å²) in [5, 5.41) is 14.9. The number of hydrogen-bond donors (Lipinski definition) is 1. The van der Waals surface area contributed by atoms with Gasteiger partial charge in [0.15, 0.2) is 0 Å². The fourth-order valence-corrected chi connectivity index (χ4v) is 4.64. The molecule has 2 aromatic carbocycles. The van der Waals surface area contributed by atoms with Gasteiger partial charge in [-0.2, -0.15) is 0 Å². The van der Waals surface area contributed by atoms with Crippen LogP contribution in [0.15, 0.2) is 88.4 Å². The monoisotopic (exact) mass is 415 g/mol. The fraction of sp³-hybridized carbons (Fsp3) is 0.0833. The summed E-state index contributed by atoms with van der Waals surface area (Å²) in [6, 6.07) is 19.6. The van der Waals surface area contributed by atoms with E-state index in [1.165, 1.54) is 22.5 Å². The molecule has 4 aromatic rings. The molecule has 0 saturated carbocycles. The van der Waals surface area contributed by atoms with Crippen LogP contribution in [0, 0.1) is 0 Å². The lowest BCUT2D eigenvalue weighted by molar-refractivity contribution is -0.140. The Kier molecular flexibility index (Phi) is 4.48. The average Bonchev–Trinajstić information content (AvgIpc) is 3.52. The number of carbonyl (C=O) groups excluding carboxylic acids is 2. The van der Waals surface area contributed by atoms with Gasteiger partial charge in [-0.15, -0.1) is 11.3 Å². The largest absolute Gasteiger partial charge is 0.507 e. The molecule has 1 N–H and O–H groups in total. The molecule has 5 rings (SSSR count). The van der Waals surface area contributed by atoms with Crippen molar-refractivity contribution in [3.05, 3.63) is 100 Å². The van der Waals surface area contributed by atoms with Crippen molar-refractivity contribution in [2.75, 3.05) is 0 Å². The lowest BCUT2D eigenvalue weighted by Gasteiger charge is -2.22. The minimum atomic E-state index is -0.791. The second-order valence-electron chi connectivity index (χ2n) is 7.05. The number of aliphatic hydroxyl groups is 1. The average molecular weight is 415 g/mol. The molecule has 0 radical (unpaired) electrons. The Labute approximate surface area is 176 Å². The maximum Gasteiger partial charge on any atom is 0.296 e. The van der Waals surface area contributed by atoms with Gasteiger partial charge in [0.2, 0.25) is 0 Å². The first-order valence-corrected chi connectivity index (χ1v) is 10.4. The minimum Gasteiger partial charge on any atom is -0.507 e. The molecule has 30 heavy (non-hydrogen) atoms. The molecule has 5 nitrogen and oxygen atoms in total. The molecule has 1 fully saturated rings. The molecular formula is C24H17NO4S. The molecule has 1 atom stereocenters. The zero-order valence-electron chi connectivity index (χ0n) is 15.8. The summed E-state index contributed by atoms with van der Waals surface area (Å²) in [7, 11) is 0. The van der Waals surface area contributed by atoms with Crippen molar-refractivity contribution in [1.82, 2.24) is 4.90 Å². The Morgan fingerprint density at radius 2 is 1.83 bits per heavy atom. The summed E-state index contributed by atoms with van der Waals surface area (Å²) < 4.78 is 5.58. The zero-order valence-corrected chi connectivity index (χ0v) is 16.6. The van der Waals surface area contributed by atoms with E-state index in [2.05, 4.69) is 0 Å². The van der Waals surface area contributed by atoms with Gasteiger partial charge < -0.3 is 14.4 Å². The number of ketones is 1. The van der Waals surface area contributed by atoms with Gasteiger partial charge in [0.05, 0.1) is 18.4 Å². The third-order valence-electron chi connectivity index (χ3n) is 5.30. The van der Waals surface area contributed by atoms with Crippen molar-refractivity contribution >= 4 is 39.6 Å². The van der Waals surface area contributed by atoms with E-state index in [-0.39, 0.29) is 17.9 Å². The standard InChI is InChI=1S/C24H17NO4S/c26-22(18-10-3-7-15-6-1-2-9-17(15)18)20-21(19-11-4-12-29-19)25(24(28)23(20)27)14-16-8-5-13-30-16/h1-13,21,26H,14H2/b22-20-. The van der Waals surface area contributed by atoms with Gasteiger partial charge in [-0.25, -0.2) is 0 Å². The number of hydrogen-bond acceptors (Lipinski definition) is 5. The molecule has 1 unspecified atom stereocenters. The first kappa shape index (κ1) is 18.4. The van der Waals surface area contributed by atoms with E-state index in [0.29, 0.717) is 11.3 Å². The van der Waals surface area contributed by atoms with Crippen LogP contribution >= 0.6 is 11.3 Å². The quantitative estimate of drug-likeness (QED) is 0.285. The maximum atomic E-state index is 13.1. The van der Waals surface area contributed by atoms with Gasteiger partial charge in [0.1, 0.15) is 17.6 Å². The Balaban J connectivity index is 1.70. The van der Waals surface area contributed by atoms with Crippen LogP contribution < -0.4 is 0 Å². The number of benzene rings is 2. The van der Waals surface area contributed by atoms with Crippen LogP contribution in [0.4, 0.5) is 0 Å². The molecule has 148 valence electrons. The van der Waals surface area contributed by atoms with Crippen molar-refractivity contribution in [1.29, 1.82) is 0 Å². The van der Waals surface area contributed by atoms with E-state index in [1.54, 1.807) is 18.2 Å². The Morgan fingerprint density at radius 3 is 2.60 bits per heavy atom. The van der Waals surface area contributed by atoms with Gasteiger partial charge >= 0.3 is 0 Å². The lowest BCUT2D eigenvalue weighted by atomic mass is 9.96. The van der Waals surface area contributed by atoms with Gasteiger partial charge in [-0.1, -0.05) is 48.5 Å². The van der Waals surface area contributed by atoms with E-state index in [9.17, 15) is 14.7 Å². The first-order chi connectivity index (χ1) is 14.6. The highest BCUT2D eigenvalue weighted by Gasteiger charge is 2.47. The minimum absolute atomic E-state index is 0.0443. The molecule has 2 aromatic heterocycles. The van der Waals surface area contributed by atoms with Crippen molar-refractivity contribution in [3.8, 4) is 0 Å². The summed E-state index contributed by atoms with van der Waals surface area (Å²) in [6.45, 7) is 0.264. The van der Waals surface area contributed by atoms with E-state index in [4.69, 9.17) is 4.42 Å². The molecule has 1 aliphatic rings. The molecule has 1 saturated heterocycles. The molecule has 0 bridgehead atoms. The normalized spacial score (nSPS) is 18.4. The van der Waals surface area contributed by atoms with Crippen LogP contribution in [0.3, 0.4) is 0 Å². The Bertz CT molecular complexity index is 1270. The third-order valence-corrected chi connectivity index (χ3v) is 6.16. The molecule has 6 heteroatoms. The molecule has 0 spiro atoms. The predicted octanol–water partition coefficient (Wildman–Crippen LogP) is 5.12. The number of amides is 1. The summed E-state index contributed by atoms with van der Waals surface area (Å²) in [5.41, 5.74) is 0.557. The molecule has 1 amide bonds. The molecular weight excluding hydrogens is 398 g/mol. The van der Waals surface area contributed by atoms with Crippen molar-refractivity contribution in [3.63, 3.8) is 0 Å². The van der Waals surface area contributed by atoms with E-state index in [0.717, 1.165) is 15.6 Å². The SMILES string of the molecule is O=C1C(=O)N(Cc2cccs2)C(c2ccco2)/C1=C(/O)c1cccc2ccccc12. The number of Topliss-reactive ketones (excluding diaryl/α,β-unsaturated/α-hetero) is 1. The van der Waals surface area contributed by atoms with E-state index < -0.39 is 17.7 Å². The van der Waals surface area contributed by atoms with Crippen molar-refractivity contribution < 1.29 is 19.1 Å². The second-order valence-corrected chi connectivity index (χ2v) is 8.08. The predicted molar refractivity (Wildman–Crippen MR) is 115 cm³/mol. The van der Waals surface area contributed by atoms with Gasteiger partial charge in [-0.05, 0) is 34.4 Å². The van der Waals surface area contributed by atoms with Crippen LogP contribution in [0.25, 0.3) is 16.5 Å². The van der Waals surface area contributed by atoms with Crippen LogP contribution in [-0.4, -0.2) is 21.7 Å². The Hall–Kier alpha value is -3.64. The van der Waals surface area contributed by atoms with Gasteiger partial charge in [0, 0.05) is 10.4 Å². The van der Waals surface area contributed by atoms with Gasteiger partial charge in [-0.3, -0.25) is 9.59 Å². The van der Waals surface area contributed by atoms with Crippen LogP contribution in [0.2, 0.25) is 0 Å². The second kappa shape index (κ2) is 7.31. The number of nitrogens with zero attached hydrogens (tertiary/aromatic N) is 1. The van der Waals surface area contributed by atoms with E-state index in [1.807, 2.05) is 53.9 Å². The zero-order chi connectivity index (χ0) is 20.7. The van der Waals surface area contributed by atoms with Gasteiger partial charge in [0.25, 0.3) is 11.7 Å². The fourth-order valence-electron chi connectivity index (χ4n) is 3.93. The summed E-state index contributed by atoms with van der Waals surface area (Å²) in [5.74, 6) is -1.11.